The lowest BCUT2D eigenvalue weighted by Gasteiger charge is -2.13. The SMILES string of the molecule is COC(=O)C(C(=O)OC)c1ccc(Cl)c(Cl)c1[N+](=O)[O-]. The van der Waals surface area contributed by atoms with Crippen molar-refractivity contribution in [1.82, 2.24) is 0 Å². The number of esters is 2. The minimum Gasteiger partial charge on any atom is -0.468 e. The van der Waals surface area contributed by atoms with Gasteiger partial charge in [0.25, 0.3) is 5.69 Å². The Kier molecular flexibility index (Phi) is 5.29. The molecular formula is C11H9Cl2NO6. The Labute approximate surface area is 123 Å². The molecule has 0 aliphatic rings. The second-order valence-corrected chi connectivity index (χ2v) is 4.32. The highest BCUT2D eigenvalue weighted by atomic mass is 35.5. The molecule has 0 aliphatic carbocycles. The van der Waals surface area contributed by atoms with Crippen molar-refractivity contribution >= 4 is 40.8 Å². The Morgan fingerprint density at radius 3 is 2.10 bits per heavy atom. The molecule has 0 atom stereocenters. The predicted molar refractivity (Wildman–Crippen MR) is 69.9 cm³/mol. The van der Waals surface area contributed by atoms with Crippen molar-refractivity contribution in [2.24, 2.45) is 0 Å². The largest absolute Gasteiger partial charge is 0.468 e. The van der Waals surface area contributed by atoms with Crippen LogP contribution in [0.25, 0.3) is 0 Å². The number of nitrogens with zero attached hydrogens (tertiary/aromatic N) is 1. The van der Waals surface area contributed by atoms with Crippen molar-refractivity contribution < 1.29 is 24.0 Å². The van der Waals surface area contributed by atoms with Crippen molar-refractivity contribution in [3.05, 3.63) is 37.9 Å². The first-order valence-corrected chi connectivity index (χ1v) is 5.88. The standard InChI is InChI=1S/C11H9Cl2NO6/c1-19-10(15)7(11(16)20-2)5-3-4-6(12)8(13)9(5)14(17)18/h3-4,7H,1-2H3. The molecule has 0 N–H and O–H groups in total. The van der Waals surface area contributed by atoms with Crippen LogP contribution in [0.3, 0.4) is 0 Å². The summed E-state index contributed by atoms with van der Waals surface area (Å²) in [7, 11) is 2.09. The third kappa shape index (κ3) is 3.00. The van der Waals surface area contributed by atoms with Crippen LogP contribution < -0.4 is 0 Å². The van der Waals surface area contributed by atoms with Crippen LogP contribution >= 0.6 is 23.2 Å². The lowest BCUT2D eigenvalue weighted by molar-refractivity contribution is -0.385. The molecule has 0 saturated carbocycles. The van der Waals surface area contributed by atoms with Gasteiger partial charge in [0.1, 0.15) is 5.02 Å². The van der Waals surface area contributed by atoms with Gasteiger partial charge in [-0.2, -0.15) is 0 Å². The predicted octanol–water partition coefficient (Wildman–Crippen LogP) is 2.33. The Balaban J connectivity index is 3.56. The summed E-state index contributed by atoms with van der Waals surface area (Å²) >= 11 is 11.4. The van der Waals surface area contributed by atoms with Crippen LogP contribution in [0.2, 0.25) is 10.0 Å². The minimum absolute atomic E-state index is 0.0735. The van der Waals surface area contributed by atoms with Gasteiger partial charge in [0.2, 0.25) is 0 Å². The molecule has 7 nitrogen and oxygen atoms in total. The maximum Gasteiger partial charge on any atom is 0.324 e. The van der Waals surface area contributed by atoms with Gasteiger partial charge >= 0.3 is 11.9 Å². The van der Waals surface area contributed by atoms with Crippen LogP contribution in [0.1, 0.15) is 11.5 Å². The highest BCUT2D eigenvalue weighted by molar-refractivity contribution is 6.43. The number of nitro benzene ring substituents is 1. The zero-order chi connectivity index (χ0) is 15.4. The summed E-state index contributed by atoms with van der Waals surface area (Å²) in [6.07, 6.45) is 0. The van der Waals surface area contributed by atoms with E-state index < -0.39 is 28.5 Å². The molecule has 0 saturated heterocycles. The summed E-state index contributed by atoms with van der Waals surface area (Å²) in [5, 5.41) is 10.6. The molecule has 0 aliphatic heterocycles. The van der Waals surface area contributed by atoms with Crippen molar-refractivity contribution in [2.45, 2.75) is 5.92 Å². The van der Waals surface area contributed by atoms with Crippen molar-refractivity contribution in [2.75, 3.05) is 14.2 Å². The van der Waals surface area contributed by atoms with E-state index in [0.29, 0.717) is 0 Å². The molecule has 0 fully saturated rings. The van der Waals surface area contributed by atoms with Crippen LogP contribution in [0.15, 0.2) is 12.1 Å². The molecule has 1 rings (SSSR count). The summed E-state index contributed by atoms with van der Waals surface area (Å²) in [4.78, 5) is 33.6. The zero-order valence-electron chi connectivity index (χ0n) is 10.4. The first-order chi connectivity index (χ1) is 9.34. The Hall–Kier alpha value is -1.86. The molecule has 0 amide bonds. The van der Waals surface area contributed by atoms with Crippen LogP contribution in [-0.2, 0) is 19.1 Å². The molecule has 0 aromatic heterocycles. The van der Waals surface area contributed by atoms with Gasteiger partial charge in [0, 0.05) is 0 Å². The van der Waals surface area contributed by atoms with E-state index in [1.807, 2.05) is 0 Å². The third-order valence-electron chi connectivity index (χ3n) is 2.47. The number of hydrogen-bond acceptors (Lipinski definition) is 6. The molecule has 0 bridgehead atoms. The van der Waals surface area contributed by atoms with E-state index in [0.717, 1.165) is 20.3 Å². The summed E-state index contributed by atoms with van der Waals surface area (Å²) in [6.45, 7) is 0. The first kappa shape index (κ1) is 16.2. The van der Waals surface area contributed by atoms with E-state index in [2.05, 4.69) is 9.47 Å². The topological polar surface area (TPSA) is 95.7 Å². The Morgan fingerprint density at radius 1 is 1.20 bits per heavy atom. The van der Waals surface area contributed by atoms with E-state index in [1.54, 1.807) is 0 Å². The maximum absolute atomic E-state index is 11.7. The van der Waals surface area contributed by atoms with Crippen LogP contribution in [0, 0.1) is 10.1 Å². The Bertz CT molecular complexity index is 558. The van der Waals surface area contributed by atoms with E-state index in [-0.39, 0.29) is 15.6 Å². The number of hydrogen-bond donors (Lipinski definition) is 0. The fourth-order valence-corrected chi connectivity index (χ4v) is 1.95. The molecule has 20 heavy (non-hydrogen) atoms. The van der Waals surface area contributed by atoms with E-state index in [1.165, 1.54) is 6.07 Å². The Morgan fingerprint density at radius 2 is 1.70 bits per heavy atom. The number of ether oxygens (including phenoxy) is 2. The molecule has 0 unspecified atom stereocenters. The van der Waals surface area contributed by atoms with E-state index in [4.69, 9.17) is 23.2 Å². The molecule has 0 heterocycles. The first-order valence-electron chi connectivity index (χ1n) is 5.13. The van der Waals surface area contributed by atoms with Crippen LogP contribution in [0.4, 0.5) is 5.69 Å². The number of halogens is 2. The normalized spacial score (nSPS) is 10.2. The fourth-order valence-electron chi connectivity index (χ4n) is 1.56. The summed E-state index contributed by atoms with van der Waals surface area (Å²) in [5.74, 6) is -3.61. The van der Waals surface area contributed by atoms with Crippen molar-refractivity contribution in [3.63, 3.8) is 0 Å². The highest BCUT2D eigenvalue weighted by Crippen LogP contribution is 2.38. The summed E-state index contributed by atoms with van der Waals surface area (Å²) < 4.78 is 8.91. The second-order valence-electron chi connectivity index (χ2n) is 3.54. The van der Waals surface area contributed by atoms with Gasteiger partial charge < -0.3 is 9.47 Å². The number of rotatable bonds is 4. The number of benzene rings is 1. The molecule has 0 spiro atoms. The van der Waals surface area contributed by atoms with E-state index >= 15 is 0 Å². The monoisotopic (exact) mass is 321 g/mol. The second kappa shape index (κ2) is 6.53. The van der Waals surface area contributed by atoms with Gasteiger partial charge in [0.15, 0.2) is 5.92 Å². The van der Waals surface area contributed by atoms with Crippen molar-refractivity contribution in [3.8, 4) is 0 Å². The lowest BCUT2D eigenvalue weighted by Crippen LogP contribution is -2.25. The molecule has 0 radical (unpaired) electrons. The molecule has 9 heteroatoms. The van der Waals surface area contributed by atoms with Crippen LogP contribution in [0.5, 0.6) is 0 Å². The molecule has 1 aromatic rings. The van der Waals surface area contributed by atoms with Gasteiger partial charge in [-0.05, 0) is 12.1 Å². The highest BCUT2D eigenvalue weighted by Gasteiger charge is 2.37. The zero-order valence-corrected chi connectivity index (χ0v) is 11.9. The number of methoxy groups -OCH3 is 2. The summed E-state index contributed by atoms with van der Waals surface area (Å²) in [6, 6.07) is 2.40. The average Bonchev–Trinajstić information content (AvgIpc) is 2.41. The molecule has 108 valence electrons. The van der Waals surface area contributed by atoms with Crippen LogP contribution in [-0.4, -0.2) is 31.1 Å². The number of nitro groups is 1. The quantitative estimate of drug-likeness (QED) is 0.365. The van der Waals surface area contributed by atoms with Gasteiger partial charge in [-0.15, -0.1) is 0 Å². The minimum atomic E-state index is -1.61. The third-order valence-corrected chi connectivity index (χ3v) is 3.26. The smallest absolute Gasteiger partial charge is 0.324 e. The lowest BCUT2D eigenvalue weighted by atomic mass is 9.97. The molecular weight excluding hydrogens is 313 g/mol. The summed E-state index contributed by atoms with van der Waals surface area (Å²) in [5.41, 5.74) is -0.886. The maximum atomic E-state index is 11.7. The average molecular weight is 322 g/mol. The number of carbonyl (C=O) groups is 2. The van der Waals surface area contributed by atoms with Gasteiger partial charge in [-0.1, -0.05) is 23.2 Å². The fraction of sp³-hybridized carbons (Fsp3) is 0.273. The van der Waals surface area contributed by atoms with E-state index in [9.17, 15) is 19.7 Å². The van der Waals surface area contributed by atoms with Gasteiger partial charge in [-0.25, -0.2) is 0 Å². The van der Waals surface area contributed by atoms with Crippen molar-refractivity contribution in [1.29, 1.82) is 0 Å². The van der Waals surface area contributed by atoms with Gasteiger partial charge in [-0.3, -0.25) is 19.7 Å². The van der Waals surface area contributed by atoms with Gasteiger partial charge in [0.05, 0.1) is 29.7 Å². The number of carbonyl (C=O) groups excluding carboxylic acids is 2. The molecule has 1 aromatic carbocycles.